The molecule has 4 saturated carbocycles. The van der Waals surface area contributed by atoms with Crippen molar-refractivity contribution in [1.82, 2.24) is 8.43 Å². The molecule has 6 N–H and O–H groups in total. The van der Waals surface area contributed by atoms with Gasteiger partial charge in [-0.25, -0.2) is 0 Å². The van der Waals surface area contributed by atoms with E-state index in [4.69, 9.17) is 9.47 Å². The number of aliphatic hydroxyl groups is 3. The molecule has 274 valence electrons. The number of phenolic OH excluding ortho intramolecular Hbond substituents is 2. The second kappa shape index (κ2) is 10.7. The van der Waals surface area contributed by atoms with Gasteiger partial charge in [-0.05, 0) is 12.8 Å². The molecule has 4 unspecified atom stereocenters. The number of nitrogens with one attached hydrogen (secondary N) is 1. The van der Waals surface area contributed by atoms with E-state index in [0.29, 0.717) is 67.2 Å². The van der Waals surface area contributed by atoms with Crippen LogP contribution in [0.1, 0.15) is 90.4 Å². The van der Waals surface area contributed by atoms with Crippen LogP contribution in [0.3, 0.4) is 0 Å². The number of hydrogen-bond donors (Lipinski definition) is 6. The number of likely N-dealkylation sites (tertiary alicyclic amines) is 1. The van der Waals surface area contributed by atoms with Crippen molar-refractivity contribution in [3.63, 3.8) is 0 Å². The number of piperidine rings is 1. The van der Waals surface area contributed by atoms with Gasteiger partial charge in [-0.3, -0.25) is 0 Å². The van der Waals surface area contributed by atoms with Gasteiger partial charge in [0.25, 0.3) is 0 Å². The molecular formula is C39H46I2N2O8. The molecule has 3 aliphatic heterocycles. The molecule has 51 heavy (non-hydrogen) atoms. The summed E-state index contributed by atoms with van der Waals surface area (Å²) in [5, 5.41) is 61.0. The molecule has 5 fully saturated rings. The van der Waals surface area contributed by atoms with Crippen molar-refractivity contribution in [2.24, 2.45) is 11.8 Å². The maximum absolute atomic E-state index is 13.5. The normalized spacial score (nSPS) is 41.5. The van der Waals surface area contributed by atoms with E-state index >= 15 is 0 Å². The van der Waals surface area contributed by atoms with Crippen LogP contribution in [0.4, 0.5) is 0 Å². The van der Waals surface area contributed by atoms with Crippen LogP contribution in [0.5, 0.6) is 23.0 Å². The van der Waals surface area contributed by atoms with E-state index in [-0.39, 0.29) is 39.4 Å². The van der Waals surface area contributed by atoms with Crippen LogP contribution >= 0.6 is 42.7 Å². The van der Waals surface area contributed by atoms with Gasteiger partial charge in [0.2, 0.25) is 0 Å². The molecule has 0 aromatic heterocycles. The fourth-order valence-corrected chi connectivity index (χ4v) is 17.9. The van der Waals surface area contributed by atoms with Crippen LogP contribution in [0, 0.1) is 11.8 Å². The van der Waals surface area contributed by atoms with Gasteiger partial charge < -0.3 is 0 Å². The van der Waals surface area contributed by atoms with E-state index in [2.05, 4.69) is 36.0 Å². The first-order valence-electron chi connectivity index (χ1n) is 18.9. The minimum atomic E-state index is -1.93. The first-order valence-corrected chi connectivity index (χ1v) is 24.5. The summed E-state index contributed by atoms with van der Waals surface area (Å²) in [5.74, 6) is 1.61. The summed E-state index contributed by atoms with van der Waals surface area (Å²) in [6.45, 7) is 2.75. The van der Waals surface area contributed by atoms with Gasteiger partial charge in [-0.2, -0.15) is 0 Å². The second-order valence-corrected chi connectivity index (χ2v) is 24.2. The number of ether oxygens (including phenoxy) is 2. The molecule has 6 aliphatic carbocycles. The van der Waals surface area contributed by atoms with Crippen LogP contribution in [-0.2, 0) is 20.1 Å². The summed E-state index contributed by atoms with van der Waals surface area (Å²) in [4.78, 5) is 18.2. The molecule has 1 saturated heterocycles. The van der Waals surface area contributed by atoms with Crippen molar-refractivity contribution >= 4 is 48.5 Å². The van der Waals surface area contributed by atoms with Gasteiger partial charge in [0, 0.05) is 0 Å². The molecule has 3 heterocycles. The molecule has 2 bridgehead atoms. The van der Waals surface area contributed by atoms with Gasteiger partial charge in [0.1, 0.15) is 0 Å². The molecule has 9 atom stereocenters. The Labute approximate surface area is 318 Å². The molecule has 1 spiro atoms. The Balaban J connectivity index is 1.10. The van der Waals surface area contributed by atoms with E-state index in [0.717, 1.165) is 41.9 Å². The number of aromatic hydroxyl groups is 2. The third-order valence-electron chi connectivity index (χ3n) is 14.7. The van der Waals surface area contributed by atoms with Crippen molar-refractivity contribution in [2.75, 3.05) is 24.6 Å². The van der Waals surface area contributed by atoms with E-state index in [1.807, 2.05) is 12.1 Å². The van der Waals surface area contributed by atoms with Gasteiger partial charge in [0.15, 0.2) is 0 Å². The van der Waals surface area contributed by atoms with Crippen LogP contribution in [0.2, 0.25) is 0 Å². The molecule has 11 rings (SSSR count). The number of alkyl halides is 3. The number of ketones is 1. The number of Topliss-reactive ketones (excluding diaryl/α,β-unsaturated/α-hetero) is 1. The summed E-state index contributed by atoms with van der Waals surface area (Å²) in [7, 11) is 0. The van der Waals surface area contributed by atoms with Crippen molar-refractivity contribution in [3.05, 3.63) is 34.4 Å². The zero-order chi connectivity index (χ0) is 35.0. The van der Waals surface area contributed by atoms with Crippen molar-refractivity contribution in [3.8, 4) is 34.1 Å². The molecule has 0 radical (unpaired) electrons. The summed E-state index contributed by atoms with van der Waals surface area (Å²) < 4.78 is 16.0. The van der Waals surface area contributed by atoms with Gasteiger partial charge in [0.05, 0.1) is 0 Å². The second-order valence-electron chi connectivity index (χ2n) is 17.3. The number of carbonyl (C=O) groups excluding carboxylic acids is 1. The molecule has 9 aliphatic rings. The minimum absolute atomic E-state index is 0.0258. The predicted molar refractivity (Wildman–Crippen MR) is 205 cm³/mol. The van der Waals surface area contributed by atoms with Crippen LogP contribution in [0.15, 0.2) is 12.1 Å². The van der Waals surface area contributed by atoms with Crippen LogP contribution in [-0.4, -0.2) is 96.3 Å². The van der Waals surface area contributed by atoms with Crippen molar-refractivity contribution in [1.29, 1.82) is 0 Å². The summed E-state index contributed by atoms with van der Waals surface area (Å²) in [5.41, 5.74) is 1.33. The SMILES string of the molecule is CI(NCC1CC1)C1C[C@]2(O)CCC(=O)C3Oc4c(O)c(-c5cc6c7c(c5O)OC5C(O)CC[C@@]8(O)[C@@H](C6)N(CC6CC6)CC[C@]758)cc1c4[C@@]32I. The molecule has 0 amide bonds. The number of halogens is 2. The number of benzene rings is 2. The topological polar surface area (TPSA) is 152 Å². The first-order chi connectivity index (χ1) is 24.4. The Bertz CT molecular complexity index is 1920. The molecule has 2 aromatic rings. The van der Waals surface area contributed by atoms with E-state index in [9.17, 15) is 30.3 Å². The quantitative estimate of drug-likeness (QED) is 0.132. The Hall–Kier alpha value is -1.43. The summed E-state index contributed by atoms with van der Waals surface area (Å²) >= 11 is 0.327. The molecule has 10 nitrogen and oxygen atoms in total. The zero-order valence-electron chi connectivity index (χ0n) is 28.8. The Morgan fingerprint density at radius 3 is 2.45 bits per heavy atom. The van der Waals surface area contributed by atoms with Gasteiger partial charge in [-0.1, -0.05) is 0 Å². The Morgan fingerprint density at radius 2 is 1.71 bits per heavy atom. The predicted octanol–water partition coefficient (Wildman–Crippen LogP) is 4.67. The number of carbonyl (C=O) groups is 1. The number of hydrogen-bond acceptors (Lipinski definition) is 10. The molecule has 12 heteroatoms. The summed E-state index contributed by atoms with van der Waals surface area (Å²) in [6.07, 6.45) is 5.85. The average molecular weight is 925 g/mol. The number of aliphatic hydroxyl groups excluding tert-OH is 1. The van der Waals surface area contributed by atoms with Crippen LogP contribution in [0.25, 0.3) is 11.1 Å². The van der Waals surface area contributed by atoms with Crippen LogP contribution < -0.4 is 13.0 Å². The monoisotopic (exact) mass is 924 g/mol. The number of rotatable bonds is 7. The maximum atomic E-state index is 13.5. The average Bonchev–Trinajstić information content (AvgIpc) is 4.03. The first kappa shape index (κ1) is 33.0. The van der Waals surface area contributed by atoms with E-state index in [1.54, 1.807) is 0 Å². The van der Waals surface area contributed by atoms with E-state index in [1.165, 1.54) is 25.7 Å². The number of nitrogens with zero attached hydrogens (tertiary/aromatic N) is 1. The summed E-state index contributed by atoms with van der Waals surface area (Å²) in [6, 6.07) is 3.84. The zero-order valence-corrected chi connectivity index (χ0v) is 33.1. The molecule has 2 aromatic carbocycles. The fourth-order valence-electron chi connectivity index (χ4n) is 11.7. The Kier molecular flexibility index (Phi) is 6.88. The van der Waals surface area contributed by atoms with Gasteiger partial charge >= 0.3 is 308 Å². The van der Waals surface area contributed by atoms with Gasteiger partial charge in [-0.15, -0.1) is 0 Å². The standard InChI is InChI=1S/C39H46I2N2O8/c1-41(42-16-18-2-3-18)24-15-36(48)8-6-26(45)35-39(36,40)29-23(24)14-22(31(47)33(29)51-35)21-12-20-13-27-38(49)9-7-25(44)34-37(38,28(20)32(50-34)30(21)46)10-11-43(27)17-19-4-5-19/h12,14,18-19,24-25,27,34-35,42,44,46-49H,2-11,13,15-17H2,1H3/t24?,25?,27-,34?,35?,36-,37+,38-,39-/m1/s1. The Morgan fingerprint density at radius 1 is 0.980 bits per heavy atom. The van der Waals surface area contributed by atoms with E-state index < -0.39 is 58.4 Å². The van der Waals surface area contributed by atoms with Crippen molar-refractivity contribution < 1.29 is 39.8 Å². The third-order valence-corrected chi connectivity index (χ3v) is 21.8. The third kappa shape index (κ3) is 4.09. The molecular weight excluding hydrogens is 878 g/mol. The van der Waals surface area contributed by atoms with Crippen molar-refractivity contribution in [2.45, 2.75) is 119 Å². The number of phenols is 2. The fraction of sp³-hybridized carbons (Fsp3) is 0.667.